The van der Waals surface area contributed by atoms with Crippen molar-refractivity contribution in [1.29, 1.82) is 0 Å². The van der Waals surface area contributed by atoms with Crippen molar-refractivity contribution < 1.29 is 0 Å². The van der Waals surface area contributed by atoms with Crippen LogP contribution in [0.3, 0.4) is 0 Å². The number of imidazole rings is 1. The van der Waals surface area contributed by atoms with Crippen LogP contribution >= 0.6 is 0 Å². The molecule has 0 unspecified atom stereocenters. The first-order valence-electron chi connectivity index (χ1n) is 9.61. The molecule has 0 aliphatic heterocycles. The van der Waals surface area contributed by atoms with E-state index in [1.54, 1.807) is 0 Å². The Kier molecular flexibility index (Phi) is 6.24. The van der Waals surface area contributed by atoms with Crippen molar-refractivity contribution in [3.63, 3.8) is 0 Å². The zero-order valence-electron chi connectivity index (χ0n) is 16.8. The summed E-state index contributed by atoms with van der Waals surface area (Å²) < 4.78 is 2.22. The summed E-state index contributed by atoms with van der Waals surface area (Å²) in [6.45, 7) is 8.39. The molecule has 27 heavy (non-hydrogen) atoms. The van der Waals surface area contributed by atoms with Gasteiger partial charge >= 0.3 is 0 Å². The van der Waals surface area contributed by atoms with Gasteiger partial charge in [-0.3, -0.25) is 0 Å². The maximum Gasteiger partial charge on any atom is 0.230 e. The Bertz CT molecular complexity index is 889. The van der Waals surface area contributed by atoms with Crippen LogP contribution in [0.2, 0.25) is 0 Å². The lowest BCUT2D eigenvalue weighted by Gasteiger charge is -2.18. The van der Waals surface area contributed by atoms with Gasteiger partial charge in [0, 0.05) is 39.1 Å². The van der Waals surface area contributed by atoms with Crippen LogP contribution in [-0.2, 0) is 6.54 Å². The molecule has 5 nitrogen and oxygen atoms in total. The number of hydrogen-bond acceptors (Lipinski definition) is 4. The van der Waals surface area contributed by atoms with Crippen molar-refractivity contribution >= 4 is 28.9 Å². The van der Waals surface area contributed by atoms with Crippen molar-refractivity contribution in [2.45, 2.75) is 20.4 Å². The number of rotatable bonds is 8. The fourth-order valence-electron chi connectivity index (χ4n) is 3.15. The Morgan fingerprint density at radius 1 is 1.00 bits per heavy atom. The van der Waals surface area contributed by atoms with E-state index >= 15 is 0 Å². The van der Waals surface area contributed by atoms with Crippen LogP contribution in [0.25, 0.3) is 11.0 Å². The highest BCUT2D eigenvalue weighted by atomic mass is 15.2. The molecule has 0 radical (unpaired) electrons. The van der Waals surface area contributed by atoms with Gasteiger partial charge in [0.25, 0.3) is 0 Å². The van der Waals surface area contributed by atoms with Crippen molar-refractivity contribution in [3.05, 3.63) is 54.1 Å². The molecular weight excluding hydrogens is 334 g/mol. The molecule has 0 amide bonds. The highest BCUT2D eigenvalue weighted by molar-refractivity contribution is 5.84. The molecule has 0 saturated carbocycles. The Morgan fingerprint density at radius 2 is 1.70 bits per heavy atom. The van der Waals surface area contributed by atoms with Crippen LogP contribution in [0, 0.1) is 0 Å². The molecule has 0 spiro atoms. The maximum atomic E-state index is 4.74. The van der Waals surface area contributed by atoms with Crippen LogP contribution < -0.4 is 4.90 Å². The first kappa shape index (κ1) is 19.1. The number of nitrogens with zero attached hydrogens (tertiary/aromatic N) is 5. The average Bonchev–Trinajstić information content (AvgIpc) is 3.05. The second-order valence-electron chi connectivity index (χ2n) is 6.82. The third-order valence-corrected chi connectivity index (χ3v) is 4.91. The molecule has 1 heterocycles. The van der Waals surface area contributed by atoms with Crippen molar-refractivity contribution in [2.75, 3.05) is 38.6 Å². The van der Waals surface area contributed by atoms with Crippen LogP contribution in [0.1, 0.15) is 19.4 Å². The van der Waals surface area contributed by atoms with E-state index in [1.807, 2.05) is 32.4 Å². The van der Waals surface area contributed by atoms with Crippen LogP contribution in [0.15, 0.2) is 53.5 Å². The normalized spacial score (nSPS) is 11.7. The monoisotopic (exact) mass is 363 g/mol. The number of benzene rings is 2. The minimum absolute atomic E-state index is 0.764. The first-order valence-corrected chi connectivity index (χ1v) is 9.61. The van der Waals surface area contributed by atoms with E-state index in [4.69, 9.17) is 9.98 Å². The number of anilines is 1. The average molecular weight is 364 g/mol. The number of para-hydroxylation sites is 2. The van der Waals surface area contributed by atoms with Gasteiger partial charge in [-0.1, -0.05) is 38.1 Å². The van der Waals surface area contributed by atoms with Gasteiger partial charge in [0.05, 0.1) is 11.0 Å². The molecule has 3 rings (SSSR count). The Morgan fingerprint density at radius 3 is 2.37 bits per heavy atom. The van der Waals surface area contributed by atoms with Gasteiger partial charge in [-0.15, -0.1) is 0 Å². The summed E-state index contributed by atoms with van der Waals surface area (Å²) in [5, 5.41) is 0. The fourth-order valence-corrected chi connectivity index (χ4v) is 3.15. The third kappa shape index (κ3) is 4.55. The SMILES string of the molecule is CCN(CC)CCn1c(/N=C/c2ccc(N(C)C)cc2)nc2ccccc21. The van der Waals surface area contributed by atoms with Gasteiger partial charge in [-0.25, -0.2) is 9.98 Å². The zero-order valence-corrected chi connectivity index (χ0v) is 16.8. The lowest BCUT2D eigenvalue weighted by molar-refractivity contribution is 0.292. The smallest absolute Gasteiger partial charge is 0.230 e. The van der Waals surface area contributed by atoms with Crippen molar-refractivity contribution in [1.82, 2.24) is 14.5 Å². The maximum absolute atomic E-state index is 4.74. The van der Waals surface area contributed by atoms with E-state index in [1.165, 1.54) is 5.69 Å². The summed E-state index contributed by atoms with van der Waals surface area (Å²) in [7, 11) is 4.09. The first-order chi connectivity index (χ1) is 13.1. The number of hydrogen-bond donors (Lipinski definition) is 0. The molecule has 0 aliphatic carbocycles. The molecule has 5 heteroatoms. The molecule has 0 N–H and O–H groups in total. The second kappa shape index (κ2) is 8.82. The summed E-state index contributed by atoms with van der Waals surface area (Å²) in [6.07, 6.45) is 1.90. The summed E-state index contributed by atoms with van der Waals surface area (Å²) in [5.74, 6) is 0.764. The van der Waals surface area contributed by atoms with Crippen LogP contribution in [0.5, 0.6) is 0 Å². The molecule has 142 valence electrons. The Balaban J connectivity index is 1.87. The summed E-state index contributed by atoms with van der Waals surface area (Å²) in [4.78, 5) is 14.0. The molecule has 3 aromatic rings. The Hall–Kier alpha value is -2.66. The lowest BCUT2D eigenvalue weighted by atomic mass is 10.2. The summed E-state index contributed by atoms with van der Waals surface area (Å²) in [5.41, 5.74) is 4.38. The van der Waals surface area contributed by atoms with E-state index in [0.717, 1.165) is 48.7 Å². The molecule has 0 bridgehead atoms. The molecule has 2 aromatic carbocycles. The second-order valence-corrected chi connectivity index (χ2v) is 6.82. The number of aromatic nitrogens is 2. The number of fused-ring (bicyclic) bond motifs is 1. The summed E-state index contributed by atoms with van der Waals surface area (Å²) >= 11 is 0. The standard InChI is InChI=1S/C22H29N5/c1-5-26(6-2)15-16-27-21-10-8-7-9-20(21)24-22(27)23-17-18-11-13-19(14-12-18)25(3)4/h7-14,17H,5-6,15-16H2,1-4H3/b23-17+. The van der Waals surface area contributed by atoms with Gasteiger partial charge < -0.3 is 14.4 Å². The third-order valence-electron chi connectivity index (χ3n) is 4.91. The highest BCUT2D eigenvalue weighted by Gasteiger charge is 2.10. The highest BCUT2D eigenvalue weighted by Crippen LogP contribution is 2.22. The Labute approximate surface area is 162 Å². The predicted molar refractivity (Wildman–Crippen MR) is 116 cm³/mol. The molecule has 0 fully saturated rings. The number of aliphatic imine (C=N–C) groups is 1. The van der Waals surface area contributed by atoms with E-state index in [-0.39, 0.29) is 0 Å². The van der Waals surface area contributed by atoms with Crippen molar-refractivity contribution in [3.8, 4) is 0 Å². The molecule has 0 atom stereocenters. The van der Waals surface area contributed by atoms with Gasteiger partial charge in [-0.05, 0) is 42.9 Å². The van der Waals surface area contributed by atoms with E-state index < -0.39 is 0 Å². The van der Waals surface area contributed by atoms with Crippen molar-refractivity contribution in [2.24, 2.45) is 4.99 Å². The predicted octanol–water partition coefficient (Wildman–Crippen LogP) is 4.19. The molecule has 0 aliphatic rings. The minimum atomic E-state index is 0.764. The van der Waals surface area contributed by atoms with E-state index in [2.05, 4.69) is 64.6 Å². The molecule has 0 saturated heterocycles. The largest absolute Gasteiger partial charge is 0.378 e. The van der Waals surface area contributed by atoms with Crippen LogP contribution in [0.4, 0.5) is 11.6 Å². The number of likely N-dealkylation sites (N-methyl/N-ethyl adjacent to an activating group) is 1. The van der Waals surface area contributed by atoms with Crippen LogP contribution in [-0.4, -0.2) is 54.4 Å². The van der Waals surface area contributed by atoms with Gasteiger partial charge in [0.1, 0.15) is 0 Å². The summed E-state index contributed by atoms with van der Waals surface area (Å²) in [6, 6.07) is 16.6. The van der Waals surface area contributed by atoms with E-state index in [9.17, 15) is 0 Å². The quantitative estimate of drug-likeness (QED) is 0.563. The molecule has 1 aromatic heterocycles. The fraction of sp³-hybridized carbons (Fsp3) is 0.364. The lowest BCUT2D eigenvalue weighted by Crippen LogP contribution is -2.26. The topological polar surface area (TPSA) is 36.7 Å². The molecular formula is C22H29N5. The van der Waals surface area contributed by atoms with Gasteiger partial charge in [0.2, 0.25) is 5.95 Å². The van der Waals surface area contributed by atoms with Gasteiger partial charge in [-0.2, -0.15) is 0 Å². The van der Waals surface area contributed by atoms with Gasteiger partial charge in [0.15, 0.2) is 0 Å². The van der Waals surface area contributed by atoms with E-state index in [0.29, 0.717) is 0 Å². The zero-order chi connectivity index (χ0) is 19.2. The minimum Gasteiger partial charge on any atom is -0.378 e.